The summed E-state index contributed by atoms with van der Waals surface area (Å²) in [5, 5.41) is 10.8. The highest BCUT2D eigenvalue weighted by Crippen LogP contribution is 2.18. The first-order valence-electron chi connectivity index (χ1n) is 5.84. The van der Waals surface area contributed by atoms with Crippen LogP contribution in [0, 0.1) is 0 Å². The van der Waals surface area contributed by atoms with E-state index in [0.717, 1.165) is 15.2 Å². The van der Waals surface area contributed by atoms with Crippen LogP contribution in [0.3, 0.4) is 0 Å². The van der Waals surface area contributed by atoms with E-state index in [1.54, 1.807) is 6.20 Å². The third kappa shape index (κ3) is 5.22. The van der Waals surface area contributed by atoms with Gasteiger partial charge in [0.15, 0.2) is 0 Å². The van der Waals surface area contributed by atoms with Crippen molar-refractivity contribution in [2.75, 3.05) is 12.4 Å². The second-order valence-electron chi connectivity index (χ2n) is 3.90. The van der Waals surface area contributed by atoms with E-state index < -0.39 is 6.10 Å². The predicted molar refractivity (Wildman–Crippen MR) is 80.6 cm³/mol. The van der Waals surface area contributed by atoms with Gasteiger partial charge in [0.1, 0.15) is 12.4 Å². The molecule has 100 valence electrons. The number of hydrogen-bond donors (Lipinski definition) is 1. The Hall–Kier alpha value is -1.04. The van der Waals surface area contributed by atoms with Crippen molar-refractivity contribution in [2.45, 2.75) is 11.1 Å². The van der Waals surface area contributed by atoms with E-state index in [9.17, 15) is 5.11 Å². The summed E-state index contributed by atoms with van der Waals surface area (Å²) in [6, 6.07) is 13.3. The molecule has 0 spiro atoms. The molecule has 3 nitrogen and oxygen atoms in total. The summed E-state index contributed by atoms with van der Waals surface area (Å²) in [4.78, 5) is 4.18. The molecular formula is C14H14BrNO2S. The van der Waals surface area contributed by atoms with Gasteiger partial charge in [-0.05, 0) is 36.4 Å². The molecule has 0 aliphatic carbocycles. The molecule has 1 aromatic heterocycles. The number of aliphatic hydroxyl groups excluding tert-OH is 1. The second-order valence-corrected chi connectivity index (χ2v) is 5.85. The van der Waals surface area contributed by atoms with E-state index >= 15 is 0 Å². The first-order chi connectivity index (χ1) is 9.24. The molecule has 2 rings (SSSR count). The lowest BCUT2D eigenvalue weighted by Gasteiger charge is -2.11. The molecule has 1 aromatic carbocycles. The van der Waals surface area contributed by atoms with E-state index in [0.29, 0.717) is 5.75 Å². The minimum Gasteiger partial charge on any atom is -0.491 e. The van der Waals surface area contributed by atoms with Crippen LogP contribution in [-0.4, -0.2) is 28.6 Å². The van der Waals surface area contributed by atoms with E-state index in [4.69, 9.17) is 4.74 Å². The Bertz CT molecular complexity index is 493. The van der Waals surface area contributed by atoms with Crippen LogP contribution in [0.4, 0.5) is 0 Å². The fourth-order valence-electron chi connectivity index (χ4n) is 1.39. The minimum atomic E-state index is -0.518. The SMILES string of the molecule is O[C@@H](COc1ccc(Br)cc1)CSc1ccccn1. The van der Waals surface area contributed by atoms with Crippen LogP contribution in [-0.2, 0) is 0 Å². The zero-order valence-corrected chi connectivity index (χ0v) is 12.6. The number of aliphatic hydroxyl groups is 1. The third-order valence-electron chi connectivity index (χ3n) is 2.32. The maximum absolute atomic E-state index is 9.84. The van der Waals surface area contributed by atoms with Crippen molar-refractivity contribution >= 4 is 27.7 Å². The Labute approximate surface area is 125 Å². The van der Waals surface area contributed by atoms with Crippen molar-refractivity contribution in [3.05, 3.63) is 53.1 Å². The number of hydrogen-bond acceptors (Lipinski definition) is 4. The topological polar surface area (TPSA) is 42.4 Å². The van der Waals surface area contributed by atoms with Gasteiger partial charge < -0.3 is 9.84 Å². The van der Waals surface area contributed by atoms with Crippen LogP contribution in [0.25, 0.3) is 0 Å². The standard InChI is InChI=1S/C14H14BrNO2S/c15-11-4-6-13(7-5-11)18-9-12(17)10-19-14-3-1-2-8-16-14/h1-8,12,17H,9-10H2/t12-/m0/s1. The number of halogens is 1. The lowest BCUT2D eigenvalue weighted by atomic mass is 10.3. The zero-order chi connectivity index (χ0) is 13.5. The Morgan fingerprint density at radius 3 is 2.68 bits per heavy atom. The Morgan fingerprint density at radius 2 is 2.00 bits per heavy atom. The van der Waals surface area contributed by atoms with Gasteiger partial charge in [0.05, 0.1) is 11.1 Å². The molecule has 0 saturated heterocycles. The Morgan fingerprint density at radius 1 is 1.21 bits per heavy atom. The van der Waals surface area contributed by atoms with Gasteiger partial charge in [0, 0.05) is 16.4 Å². The highest BCUT2D eigenvalue weighted by atomic mass is 79.9. The van der Waals surface area contributed by atoms with Gasteiger partial charge in [0.2, 0.25) is 0 Å². The van der Waals surface area contributed by atoms with Gasteiger partial charge in [0.25, 0.3) is 0 Å². The molecule has 0 unspecified atom stereocenters. The fourth-order valence-corrected chi connectivity index (χ4v) is 2.42. The summed E-state index contributed by atoms with van der Waals surface area (Å²) in [5.74, 6) is 1.32. The number of ether oxygens (including phenoxy) is 1. The van der Waals surface area contributed by atoms with Crippen LogP contribution < -0.4 is 4.74 Å². The van der Waals surface area contributed by atoms with Crippen LogP contribution in [0.15, 0.2) is 58.2 Å². The second kappa shape index (κ2) is 7.53. The molecular weight excluding hydrogens is 326 g/mol. The van der Waals surface area contributed by atoms with Gasteiger partial charge in [-0.15, -0.1) is 11.8 Å². The molecule has 0 bridgehead atoms. The predicted octanol–water partition coefficient (Wildman–Crippen LogP) is 3.38. The molecule has 1 heterocycles. The maximum Gasteiger partial charge on any atom is 0.119 e. The molecule has 0 fully saturated rings. The smallest absolute Gasteiger partial charge is 0.119 e. The number of rotatable bonds is 6. The molecule has 2 aromatic rings. The molecule has 1 N–H and O–H groups in total. The largest absolute Gasteiger partial charge is 0.491 e. The quantitative estimate of drug-likeness (QED) is 0.819. The van der Waals surface area contributed by atoms with Gasteiger partial charge in [-0.25, -0.2) is 4.98 Å². The van der Waals surface area contributed by atoms with Crippen molar-refractivity contribution in [3.63, 3.8) is 0 Å². The lowest BCUT2D eigenvalue weighted by molar-refractivity contribution is 0.126. The minimum absolute atomic E-state index is 0.279. The summed E-state index contributed by atoms with van der Waals surface area (Å²) < 4.78 is 6.51. The number of aromatic nitrogens is 1. The highest BCUT2D eigenvalue weighted by Gasteiger charge is 2.06. The van der Waals surface area contributed by atoms with Crippen LogP contribution in [0.5, 0.6) is 5.75 Å². The number of pyridine rings is 1. The van der Waals surface area contributed by atoms with E-state index in [1.165, 1.54) is 11.8 Å². The average Bonchev–Trinajstić information content (AvgIpc) is 2.45. The highest BCUT2D eigenvalue weighted by molar-refractivity contribution is 9.10. The summed E-state index contributed by atoms with van der Waals surface area (Å²) in [7, 11) is 0. The van der Waals surface area contributed by atoms with Crippen LogP contribution in [0.2, 0.25) is 0 Å². The van der Waals surface area contributed by atoms with Gasteiger partial charge in [-0.2, -0.15) is 0 Å². The Kier molecular flexibility index (Phi) is 5.69. The Balaban J connectivity index is 1.72. The zero-order valence-electron chi connectivity index (χ0n) is 10.2. The number of nitrogens with zero attached hydrogens (tertiary/aromatic N) is 1. The molecule has 0 radical (unpaired) electrons. The van der Waals surface area contributed by atoms with E-state index in [2.05, 4.69) is 20.9 Å². The molecule has 0 saturated carbocycles. The molecule has 0 aliphatic rings. The fraction of sp³-hybridized carbons (Fsp3) is 0.214. The molecule has 19 heavy (non-hydrogen) atoms. The number of thioether (sulfide) groups is 1. The lowest BCUT2D eigenvalue weighted by Crippen LogP contribution is -2.20. The van der Waals surface area contributed by atoms with Crippen LogP contribution in [0.1, 0.15) is 0 Å². The van der Waals surface area contributed by atoms with Crippen molar-refractivity contribution in [1.29, 1.82) is 0 Å². The van der Waals surface area contributed by atoms with Gasteiger partial charge in [-0.3, -0.25) is 0 Å². The molecule has 0 aliphatic heterocycles. The summed E-state index contributed by atoms with van der Waals surface area (Å²) in [5.41, 5.74) is 0. The first-order valence-corrected chi connectivity index (χ1v) is 7.62. The van der Waals surface area contributed by atoms with E-state index in [1.807, 2.05) is 42.5 Å². The first kappa shape index (κ1) is 14.4. The van der Waals surface area contributed by atoms with Crippen molar-refractivity contribution in [2.24, 2.45) is 0 Å². The maximum atomic E-state index is 9.84. The summed E-state index contributed by atoms with van der Waals surface area (Å²) in [6.07, 6.45) is 1.23. The van der Waals surface area contributed by atoms with Gasteiger partial charge in [-0.1, -0.05) is 22.0 Å². The van der Waals surface area contributed by atoms with Crippen molar-refractivity contribution < 1.29 is 9.84 Å². The van der Waals surface area contributed by atoms with E-state index in [-0.39, 0.29) is 6.61 Å². The summed E-state index contributed by atoms with van der Waals surface area (Å²) >= 11 is 4.88. The molecule has 1 atom stereocenters. The third-order valence-corrected chi connectivity index (χ3v) is 3.93. The van der Waals surface area contributed by atoms with Crippen molar-refractivity contribution in [3.8, 4) is 5.75 Å². The number of benzene rings is 1. The van der Waals surface area contributed by atoms with Crippen molar-refractivity contribution in [1.82, 2.24) is 4.98 Å². The average molecular weight is 340 g/mol. The summed E-state index contributed by atoms with van der Waals surface area (Å²) in [6.45, 7) is 0.279. The van der Waals surface area contributed by atoms with Gasteiger partial charge >= 0.3 is 0 Å². The van der Waals surface area contributed by atoms with Crippen LogP contribution >= 0.6 is 27.7 Å². The normalized spacial score (nSPS) is 12.1. The molecule has 5 heteroatoms. The monoisotopic (exact) mass is 339 g/mol. The molecule has 0 amide bonds.